The maximum atomic E-state index is 12.3. The Morgan fingerprint density at radius 2 is 2.00 bits per heavy atom. The van der Waals surface area contributed by atoms with Crippen molar-refractivity contribution < 1.29 is 24.2 Å². The topological polar surface area (TPSA) is 95.9 Å². The highest BCUT2D eigenvalue weighted by molar-refractivity contribution is 5.86. The molecule has 3 atom stereocenters. The largest absolute Gasteiger partial charge is 0.481 e. The van der Waals surface area contributed by atoms with Crippen LogP contribution in [0.25, 0.3) is 0 Å². The number of morpholine rings is 1. The van der Waals surface area contributed by atoms with Crippen LogP contribution in [0.3, 0.4) is 0 Å². The number of hydrogen-bond acceptors (Lipinski definition) is 4. The molecule has 2 N–H and O–H groups in total. The summed E-state index contributed by atoms with van der Waals surface area (Å²) in [6.07, 6.45) is 0.995. The average molecular weight is 284 g/mol. The number of hydrogen-bond donors (Lipinski definition) is 2. The number of aliphatic carboxylic acids is 1. The van der Waals surface area contributed by atoms with E-state index >= 15 is 0 Å². The van der Waals surface area contributed by atoms with Crippen LogP contribution in [0.2, 0.25) is 0 Å². The second-order valence-corrected chi connectivity index (χ2v) is 5.34. The molecular formula is C13H20N2O5. The molecule has 0 aromatic rings. The number of carboxylic acids is 1. The number of amides is 2. The lowest BCUT2D eigenvalue weighted by Crippen LogP contribution is -2.53. The van der Waals surface area contributed by atoms with E-state index in [1.807, 2.05) is 0 Å². The van der Waals surface area contributed by atoms with Gasteiger partial charge in [0.15, 0.2) is 0 Å². The van der Waals surface area contributed by atoms with E-state index < -0.39 is 17.8 Å². The highest BCUT2D eigenvalue weighted by Crippen LogP contribution is 2.36. The van der Waals surface area contributed by atoms with E-state index in [2.05, 4.69) is 5.32 Å². The Kier molecular flexibility index (Phi) is 4.59. The number of carbonyl (C=O) groups is 3. The number of carboxylic acid groups (broad SMARTS) is 1. The van der Waals surface area contributed by atoms with Gasteiger partial charge in [0.2, 0.25) is 11.8 Å². The Balaban J connectivity index is 1.87. The third kappa shape index (κ3) is 3.27. The fourth-order valence-corrected chi connectivity index (χ4v) is 2.63. The molecule has 0 aromatic carbocycles. The number of carbonyl (C=O) groups excluding carboxylic acids is 2. The van der Waals surface area contributed by atoms with Gasteiger partial charge in [0, 0.05) is 26.6 Å². The third-order valence-electron chi connectivity index (χ3n) is 3.94. The SMILES string of the molecule is CC(=O)NCC1CN(C(=O)C2CCC2C(=O)O)CCO1. The smallest absolute Gasteiger partial charge is 0.307 e. The fourth-order valence-electron chi connectivity index (χ4n) is 2.63. The van der Waals surface area contributed by atoms with Crippen LogP contribution in [-0.2, 0) is 19.1 Å². The van der Waals surface area contributed by atoms with Crippen LogP contribution < -0.4 is 5.32 Å². The molecule has 7 nitrogen and oxygen atoms in total. The molecule has 0 spiro atoms. The van der Waals surface area contributed by atoms with E-state index in [-0.39, 0.29) is 17.9 Å². The molecule has 1 saturated heterocycles. The van der Waals surface area contributed by atoms with Crippen molar-refractivity contribution >= 4 is 17.8 Å². The zero-order valence-corrected chi connectivity index (χ0v) is 11.5. The quantitative estimate of drug-likeness (QED) is 0.723. The predicted molar refractivity (Wildman–Crippen MR) is 68.9 cm³/mol. The van der Waals surface area contributed by atoms with Crippen molar-refractivity contribution in [1.82, 2.24) is 10.2 Å². The molecular weight excluding hydrogens is 264 g/mol. The van der Waals surface area contributed by atoms with Gasteiger partial charge in [-0.05, 0) is 12.8 Å². The van der Waals surface area contributed by atoms with E-state index in [0.29, 0.717) is 39.1 Å². The first-order valence-corrected chi connectivity index (χ1v) is 6.86. The van der Waals surface area contributed by atoms with Crippen LogP contribution in [0.4, 0.5) is 0 Å². The standard InChI is InChI=1S/C13H20N2O5/c1-8(16)14-6-9-7-15(4-5-20-9)12(17)10-2-3-11(10)13(18)19/h9-11H,2-7H2,1H3,(H,14,16)(H,18,19). The Morgan fingerprint density at radius 1 is 1.30 bits per heavy atom. The van der Waals surface area contributed by atoms with Gasteiger partial charge in [0.05, 0.1) is 24.5 Å². The molecule has 1 aliphatic heterocycles. The average Bonchev–Trinajstić information content (AvgIpc) is 2.34. The lowest BCUT2D eigenvalue weighted by molar-refractivity contribution is -0.160. The fraction of sp³-hybridized carbons (Fsp3) is 0.769. The van der Waals surface area contributed by atoms with Crippen molar-refractivity contribution in [3.63, 3.8) is 0 Å². The van der Waals surface area contributed by atoms with Gasteiger partial charge in [-0.2, -0.15) is 0 Å². The first-order valence-electron chi connectivity index (χ1n) is 6.86. The van der Waals surface area contributed by atoms with Crippen LogP contribution in [0.1, 0.15) is 19.8 Å². The summed E-state index contributed by atoms with van der Waals surface area (Å²) in [4.78, 5) is 35.8. The van der Waals surface area contributed by atoms with Gasteiger partial charge < -0.3 is 20.1 Å². The second-order valence-electron chi connectivity index (χ2n) is 5.34. The zero-order chi connectivity index (χ0) is 14.7. The molecule has 0 aromatic heterocycles. The molecule has 1 saturated carbocycles. The summed E-state index contributed by atoms with van der Waals surface area (Å²) in [5.74, 6) is -2.06. The lowest BCUT2D eigenvalue weighted by atomic mass is 9.73. The Hall–Kier alpha value is -1.63. The van der Waals surface area contributed by atoms with Crippen molar-refractivity contribution in [2.75, 3.05) is 26.2 Å². The normalized spacial score (nSPS) is 29.4. The molecule has 1 heterocycles. The molecule has 2 aliphatic rings. The highest BCUT2D eigenvalue weighted by Gasteiger charge is 2.43. The van der Waals surface area contributed by atoms with Crippen LogP contribution >= 0.6 is 0 Å². The minimum absolute atomic E-state index is 0.0974. The van der Waals surface area contributed by atoms with Gasteiger partial charge in [-0.25, -0.2) is 0 Å². The predicted octanol–water partition coefficient (Wildman–Crippen LogP) is -0.539. The molecule has 0 radical (unpaired) electrons. The summed E-state index contributed by atoms with van der Waals surface area (Å²) < 4.78 is 5.49. The van der Waals surface area contributed by atoms with Gasteiger partial charge in [-0.15, -0.1) is 0 Å². The summed E-state index contributed by atoms with van der Waals surface area (Å²) in [6, 6.07) is 0. The number of nitrogens with one attached hydrogen (secondary N) is 1. The van der Waals surface area contributed by atoms with Crippen LogP contribution in [0, 0.1) is 11.8 Å². The van der Waals surface area contributed by atoms with Crippen molar-refractivity contribution in [3.8, 4) is 0 Å². The summed E-state index contributed by atoms with van der Waals surface area (Å²) in [7, 11) is 0. The molecule has 1 aliphatic carbocycles. The van der Waals surface area contributed by atoms with Crippen molar-refractivity contribution in [1.29, 1.82) is 0 Å². The summed E-state index contributed by atoms with van der Waals surface area (Å²) in [5, 5.41) is 11.7. The van der Waals surface area contributed by atoms with Crippen LogP contribution in [0.15, 0.2) is 0 Å². The third-order valence-corrected chi connectivity index (χ3v) is 3.94. The molecule has 3 unspecified atom stereocenters. The minimum Gasteiger partial charge on any atom is -0.481 e. The monoisotopic (exact) mass is 284 g/mol. The maximum absolute atomic E-state index is 12.3. The van der Waals surface area contributed by atoms with Gasteiger partial charge >= 0.3 is 5.97 Å². The van der Waals surface area contributed by atoms with Crippen LogP contribution in [-0.4, -0.2) is 60.1 Å². The summed E-state index contributed by atoms with van der Waals surface area (Å²) in [5.41, 5.74) is 0. The zero-order valence-electron chi connectivity index (χ0n) is 11.5. The van der Waals surface area contributed by atoms with Gasteiger partial charge in [-0.3, -0.25) is 14.4 Å². The minimum atomic E-state index is -0.891. The van der Waals surface area contributed by atoms with E-state index in [9.17, 15) is 14.4 Å². The Morgan fingerprint density at radius 3 is 2.55 bits per heavy atom. The highest BCUT2D eigenvalue weighted by atomic mass is 16.5. The van der Waals surface area contributed by atoms with Gasteiger partial charge in [0.1, 0.15) is 0 Å². The van der Waals surface area contributed by atoms with Gasteiger partial charge in [0.25, 0.3) is 0 Å². The molecule has 2 amide bonds. The molecule has 20 heavy (non-hydrogen) atoms. The van der Waals surface area contributed by atoms with Crippen molar-refractivity contribution in [2.24, 2.45) is 11.8 Å². The molecule has 2 fully saturated rings. The summed E-state index contributed by atoms with van der Waals surface area (Å²) >= 11 is 0. The maximum Gasteiger partial charge on any atom is 0.307 e. The van der Waals surface area contributed by atoms with E-state index in [4.69, 9.17) is 9.84 Å². The van der Waals surface area contributed by atoms with E-state index in [1.165, 1.54) is 6.92 Å². The van der Waals surface area contributed by atoms with Crippen LogP contribution in [0.5, 0.6) is 0 Å². The van der Waals surface area contributed by atoms with E-state index in [0.717, 1.165) is 0 Å². The lowest BCUT2D eigenvalue weighted by Gasteiger charge is -2.39. The van der Waals surface area contributed by atoms with Crippen molar-refractivity contribution in [2.45, 2.75) is 25.9 Å². The van der Waals surface area contributed by atoms with Gasteiger partial charge in [-0.1, -0.05) is 0 Å². The Bertz CT molecular complexity index is 412. The summed E-state index contributed by atoms with van der Waals surface area (Å²) in [6.45, 7) is 3.10. The molecule has 0 bridgehead atoms. The Labute approximate surface area is 117 Å². The van der Waals surface area contributed by atoms with Crippen molar-refractivity contribution in [3.05, 3.63) is 0 Å². The molecule has 2 rings (SSSR count). The number of ether oxygens (including phenoxy) is 1. The van der Waals surface area contributed by atoms with E-state index in [1.54, 1.807) is 4.90 Å². The first kappa shape index (κ1) is 14.8. The molecule has 7 heteroatoms. The molecule has 112 valence electrons. The number of rotatable bonds is 4. The number of nitrogens with zero attached hydrogens (tertiary/aromatic N) is 1. The first-order chi connectivity index (χ1) is 9.49. The second kappa shape index (κ2) is 6.21.